The summed E-state index contributed by atoms with van der Waals surface area (Å²) >= 11 is 0. The van der Waals surface area contributed by atoms with Gasteiger partial charge in [0.2, 0.25) is 5.91 Å². The lowest BCUT2D eigenvalue weighted by molar-refractivity contribution is -0.124. The zero-order valence-electron chi connectivity index (χ0n) is 17.1. The van der Waals surface area contributed by atoms with E-state index in [9.17, 15) is 14.7 Å². The summed E-state index contributed by atoms with van der Waals surface area (Å²) in [6, 6.07) is 10.0. The predicted molar refractivity (Wildman–Crippen MR) is 113 cm³/mol. The summed E-state index contributed by atoms with van der Waals surface area (Å²) in [5.74, 6) is -0.296. The molecule has 1 N–H and O–H groups in total. The van der Waals surface area contributed by atoms with Crippen LogP contribution < -0.4 is 4.90 Å². The highest BCUT2D eigenvalue weighted by molar-refractivity contribution is 6.76. The minimum atomic E-state index is -1.20. The van der Waals surface area contributed by atoms with Gasteiger partial charge in [0.1, 0.15) is 12.5 Å². The van der Waals surface area contributed by atoms with E-state index in [-0.39, 0.29) is 18.2 Å². The maximum absolute atomic E-state index is 13.6. The van der Waals surface area contributed by atoms with Crippen molar-refractivity contribution in [3.8, 4) is 0 Å². The number of carboxylic acid groups (broad SMARTS) is 1. The monoisotopic (exact) mass is 410 g/mol. The summed E-state index contributed by atoms with van der Waals surface area (Å²) in [5, 5.41) is 9.30. The standard InChI is InChI=1S/C22H26N2O4Si/c1-29(2,3)10-9-28-14-24-19-18(5-4-8-23-19)22(21(24)27)12-16-7-6-15(20(25)26)11-17(16)13-22/h4-8,11H,9-10,12-14H2,1-3H3,(H,25,26). The molecule has 1 aromatic carbocycles. The number of ether oxygens (including phenoxy) is 1. The van der Waals surface area contributed by atoms with Gasteiger partial charge in [-0.15, -0.1) is 0 Å². The molecule has 0 fully saturated rings. The molecule has 1 aromatic heterocycles. The number of carboxylic acids is 1. The predicted octanol–water partition coefficient (Wildman–Crippen LogP) is 3.48. The van der Waals surface area contributed by atoms with Crippen molar-refractivity contribution in [1.29, 1.82) is 0 Å². The minimum Gasteiger partial charge on any atom is -0.478 e. The lowest BCUT2D eigenvalue weighted by atomic mass is 9.79. The number of aromatic nitrogens is 1. The number of anilines is 1. The van der Waals surface area contributed by atoms with Crippen molar-refractivity contribution in [3.05, 3.63) is 58.8 Å². The molecule has 0 bridgehead atoms. The highest BCUT2D eigenvalue weighted by Gasteiger charge is 2.54. The largest absolute Gasteiger partial charge is 0.478 e. The molecule has 1 aliphatic carbocycles. The number of fused-ring (bicyclic) bond motifs is 3. The highest BCUT2D eigenvalue weighted by atomic mass is 28.3. The maximum atomic E-state index is 13.6. The number of hydrogen-bond donors (Lipinski definition) is 1. The maximum Gasteiger partial charge on any atom is 0.335 e. The van der Waals surface area contributed by atoms with E-state index >= 15 is 0 Å². The van der Waals surface area contributed by atoms with Crippen molar-refractivity contribution < 1.29 is 19.4 Å². The number of benzene rings is 1. The molecule has 7 heteroatoms. The molecular weight excluding hydrogens is 384 g/mol. The van der Waals surface area contributed by atoms with Crippen molar-refractivity contribution >= 4 is 25.8 Å². The van der Waals surface area contributed by atoms with Crippen LogP contribution in [-0.4, -0.2) is 43.4 Å². The fourth-order valence-corrected chi connectivity index (χ4v) is 5.02. The zero-order valence-corrected chi connectivity index (χ0v) is 18.1. The average molecular weight is 411 g/mol. The normalized spacial score (nSPS) is 20.2. The van der Waals surface area contributed by atoms with Gasteiger partial charge in [-0.2, -0.15) is 0 Å². The number of hydrogen-bond acceptors (Lipinski definition) is 4. The third-order valence-electron chi connectivity index (χ3n) is 5.87. The third kappa shape index (κ3) is 3.49. The van der Waals surface area contributed by atoms with Gasteiger partial charge in [0, 0.05) is 26.4 Å². The van der Waals surface area contributed by atoms with Gasteiger partial charge in [-0.25, -0.2) is 9.78 Å². The van der Waals surface area contributed by atoms with Crippen molar-refractivity contribution in [2.45, 2.75) is 43.9 Å². The Labute approximate surface area is 171 Å². The van der Waals surface area contributed by atoms with E-state index in [2.05, 4.69) is 24.6 Å². The van der Waals surface area contributed by atoms with E-state index < -0.39 is 19.5 Å². The molecule has 1 unspecified atom stereocenters. The van der Waals surface area contributed by atoms with Crippen molar-refractivity contribution in [1.82, 2.24) is 4.98 Å². The SMILES string of the molecule is C[Si](C)(C)CCOCN1C(=O)C2(Cc3ccc(C(=O)O)cc3C2)c2cccnc21. The lowest BCUT2D eigenvalue weighted by Gasteiger charge is -2.23. The Hall–Kier alpha value is -2.51. The second kappa shape index (κ2) is 7.07. The van der Waals surface area contributed by atoms with Gasteiger partial charge in [0.25, 0.3) is 0 Å². The number of aromatic carboxylic acids is 1. The van der Waals surface area contributed by atoms with Crippen LogP contribution in [0.15, 0.2) is 36.5 Å². The Kier molecular flexibility index (Phi) is 4.83. The van der Waals surface area contributed by atoms with Crippen LogP contribution in [0.5, 0.6) is 0 Å². The summed E-state index contributed by atoms with van der Waals surface area (Å²) in [6.45, 7) is 7.72. The van der Waals surface area contributed by atoms with E-state index in [1.54, 1.807) is 23.2 Å². The first-order chi connectivity index (χ1) is 13.7. The second-order valence-electron chi connectivity index (χ2n) is 9.18. The molecule has 2 aromatic rings. The Bertz CT molecular complexity index is 985. The number of carbonyl (C=O) groups is 2. The van der Waals surface area contributed by atoms with Crippen LogP contribution in [0.1, 0.15) is 27.0 Å². The van der Waals surface area contributed by atoms with Gasteiger partial charge in [0.15, 0.2) is 0 Å². The summed E-state index contributed by atoms with van der Waals surface area (Å²) in [7, 11) is -1.20. The summed E-state index contributed by atoms with van der Waals surface area (Å²) < 4.78 is 5.87. The highest BCUT2D eigenvalue weighted by Crippen LogP contribution is 2.49. The summed E-state index contributed by atoms with van der Waals surface area (Å²) in [4.78, 5) is 31.1. The number of amides is 1. The van der Waals surface area contributed by atoms with E-state index in [4.69, 9.17) is 4.74 Å². The van der Waals surface area contributed by atoms with E-state index in [0.29, 0.717) is 25.3 Å². The Balaban J connectivity index is 1.61. The molecule has 152 valence electrons. The van der Waals surface area contributed by atoms with Crippen LogP contribution in [0.25, 0.3) is 0 Å². The molecule has 2 aliphatic rings. The molecule has 6 nitrogen and oxygen atoms in total. The van der Waals surface area contributed by atoms with E-state index in [1.807, 2.05) is 18.2 Å². The first-order valence-electron chi connectivity index (χ1n) is 9.92. The topological polar surface area (TPSA) is 79.7 Å². The summed E-state index contributed by atoms with van der Waals surface area (Å²) in [5.41, 5.74) is 2.40. The van der Waals surface area contributed by atoms with E-state index in [1.165, 1.54) is 0 Å². The summed E-state index contributed by atoms with van der Waals surface area (Å²) in [6.07, 6.45) is 2.75. The van der Waals surface area contributed by atoms with Gasteiger partial charge in [-0.3, -0.25) is 9.69 Å². The number of carbonyl (C=O) groups excluding carboxylic acids is 1. The Morgan fingerprint density at radius 1 is 1.24 bits per heavy atom. The van der Waals surface area contributed by atoms with Gasteiger partial charge >= 0.3 is 5.97 Å². The van der Waals surface area contributed by atoms with Crippen molar-refractivity contribution in [2.75, 3.05) is 18.2 Å². The second-order valence-corrected chi connectivity index (χ2v) is 14.8. The molecule has 1 amide bonds. The number of pyridine rings is 1. The van der Waals surface area contributed by atoms with Gasteiger partial charge in [-0.1, -0.05) is 31.8 Å². The minimum absolute atomic E-state index is 0.00715. The van der Waals surface area contributed by atoms with Crippen LogP contribution in [-0.2, 0) is 27.8 Å². The molecule has 4 rings (SSSR count). The molecular formula is C22H26N2O4Si. The molecule has 1 aliphatic heterocycles. The van der Waals surface area contributed by atoms with Crippen LogP contribution in [0.4, 0.5) is 5.82 Å². The zero-order chi connectivity index (χ0) is 20.8. The van der Waals surface area contributed by atoms with Crippen LogP contribution in [0, 0.1) is 0 Å². The van der Waals surface area contributed by atoms with Crippen LogP contribution in [0.3, 0.4) is 0 Å². The molecule has 29 heavy (non-hydrogen) atoms. The van der Waals surface area contributed by atoms with Crippen molar-refractivity contribution in [3.63, 3.8) is 0 Å². The smallest absolute Gasteiger partial charge is 0.335 e. The van der Waals surface area contributed by atoms with Crippen LogP contribution in [0.2, 0.25) is 25.7 Å². The molecule has 2 heterocycles. The fraction of sp³-hybridized carbons (Fsp3) is 0.409. The molecule has 0 saturated heterocycles. The third-order valence-corrected chi connectivity index (χ3v) is 7.57. The Morgan fingerprint density at radius 3 is 2.72 bits per heavy atom. The van der Waals surface area contributed by atoms with Gasteiger partial charge < -0.3 is 9.84 Å². The lowest BCUT2D eigenvalue weighted by Crippen LogP contribution is -2.42. The van der Waals surface area contributed by atoms with Crippen LogP contribution >= 0.6 is 0 Å². The fourth-order valence-electron chi connectivity index (χ4n) is 4.26. The molecule has 1 spiro atoms. The quantitative estimate of drug-likeness (QED) is 0.583. The van der Waals surface area contributed by atoms with Crippen molar-refractivity contribution in [2.24, 2.45) is 0 Å². The van der Waals surface area contributed by atoms with Gasteiger partial charge in [-0.05, 0) is 48.2 Å². The number of nitrogens with zero attached hydrogens (tertiary/aromatic N) is 2. The molecule has 1 atom stereocenters. The van der Waals surface area contributed by atoms with E-state index in [0.717, 1.165) is 22.7 Å². The average Bonchev–Trinajstić information content (AvgIpc) is 3.15. The molecule has 0 radical (unpaired) electrons. The molecule has 0 saturated carbocycles. The van der Waals surface area contributed by atoms with Gasteiger partial charge in [0.05, 0.1) is 11.0 Å². The first kappa shape index (κ1) is 19.8. The number of rotatable bonds is 6. The Morgan fingerprint density at radius 2 is 2.00 bits per heavy atom. The first-order valence-corrected chi connectivity index (χ1v) is 13.6.